The third-order valence-electron chi connectivity index (χ3n) is 2.89. The number of anilines is 1. The zero-order valence-corrected chi connectivity index (χ0v) is 12.5. The SMILES string of the molecule is Cc1cc(NC(=O)c2cc(Cl)ccc2Cl)ccc1C(=O)O. The summed E-state index contributed by atoms with van der Waals surface area (Å²) in [6.07, 6.45) is 0. The summed E-state index contributed by atoms with van der Waals surface area (Å²) in [7, 11) is 0. The van der Waals surface area contributed by atoms with Gasteiger partial charge in [0.2, 0.25) is 0 Å². The first-order valence-corrected chi connectivity index (χ1v) is 6.74. The fourth-order valence-corrected chi connectivity index (χ4v) is 2.23. The fraction of sp³-hybridized carbons (Fsp3) is 0.0667. The number of carboxylic acids is 1. The van der Waals surface area contributed by atoms with Crippen LogP contribution in [0.25, 0.3) is 0 Å². The molecule has 1 amide bonds. The Balaban J connectivity index is 2.26. The Morgan fingerprint density at radius 2 is 1.76 bits per heavy atom. The molecule has 0 aliphatic heterocycles. The van der Waals surface area contributed by atoms with Gasteiger partial charge in [-0.3, -0.25) is 4.79 Å². The Kier molecular flexibility index (Phi) is 4.50. The first-order valence-electron chi connectivity index (χ1n) is 5.99. The molecule has 0 atom stereocenters. The zero-order valence-electron chi connectivity index (χ0n) is 11.0. The highest BCUT2D eigenvalue weighted by Gasteiger charge is 2.13. The second kappa shape index (κ2) is 6.16. The van der Waals surface area contributed by atoms with Gasteiger partial charge in [0.25, 0.3) is 5.91 Å². The summed E-state index contributed by atoms with van der Waals surface area (Å²) in [5.41, 5.74) is 1.48. The van der Waals surface area contributed by atoms with Gasteiger partial charge in [-0.05, 0) is 48.9 Å². The molecule has 21 heavy (non-hydrogen) atoms. The van der Waals surface area contributed by atoms with E-state index in [1.807, 2.05) is 0 Å². The maximum absolute atomic E-state index is 12.1. The number of aryl methyl sites for hydroxylation is 1. The lowest BCUT2D eigenvalue weighted by Gasteiger charge is -2.09. The van der Waals surface area contributed by atoms with Crippen LogP contribution in [0.1, 0.15) is 26.3 Å². The largest absolute Gasteiger partial charge is 0.478 e. The van der Waals surface area contributed by atoms with Crippen LogP contribution in [0, 0.1) is 6.92 Å². The predicted molar refractivity (Wildman–Crippen MR) is 82.6 cm³/mol. The average molecular weight is 324 g/mol. The maximum Gasteiger partial charge on any atom is 0.335 e. The minimum atomic E-state index is -1.01. The van der Waals surface area contributed by atoms with Crippen molar-refractivity contribution in [1.29, 1.82) is 0 Å². The van der Waals surface area contributed by atoms with E-state index < -0.39 is 11.9 Å². The van der Waals surface area contributed by atoms with E-state index in [9.17, 15) is 9.59 Å². The van der Waals surface area contributed by atoms with Gasteiger partial charge in [0.15, 0.2) is 0 Å². The van der Waals surface area contributed by atoms with E-state index in [2.05, 4.69) is 5.32 Å². The van der Waals surface area contributed by atoms with Crippen LogP contribution in [0.4, 0.5) is 5.69 Å². The van der Waals surface area contributed by atoms with Gasteiger partial charge in [0.05, 0.1) is 16.1 Å². The summed E-state index contributed by atoms with van der Waals surface area (Å²) in [6.45, 7) is 1.66. The van der Waals surface area contributed by atoms with Gasteiger partial charge in [-0.1, -0.05) is 23.2 Å². The van der Waals surface area contributed by atoms with Crippen LogP contribution in [0.5, 0.6) is 0 Å². The van der Waals surface area contributed by atoms with Crippen molar-refractivity contribution < 1.29 is 14.7 Å². The number of carbonyl (C=O) groups is 2. The van der Waals surface area contributed by atoms with E-state index in [4.69, 9.17) is 28.3 Å². The van der Waals surface area contributed by atoms with Gasteiger partial charge >= 0.3 is 5.97 Å². The van der Waals surface area contributed by atoms with Crippen molar-refractivity contribution in [2.24, 2.45) is 0 Å². The summed E-state index contributed by atoms with van der Waals surface area (Å²) in [4.78, 5) is 23.1. The highest BCUT2D eigenvalue weighted by atomic mass is 35.5. The summed E-state index contributed by atoms with van der Waals surface area (Å²) >= 11 is 11.8. The number of carboxylic acid groups (broad SMARTS) is 1. The molecule has 0 aromatic heterocycles. The van der Waals surface area contributed by atoms with Gasteiger partial charge in [-0.15, -0.1) is 0 Å². The molecule has 0 unspecified atom stereocenters. The van der Waals surface area contributed by atoms with Crippen molar-refractivity contribution in [3.8, 4) is 0 Å². The van der Waals surface area contributed by atoms with E-state index in [1.165, 1.54) is 24.3 Å². The molecular formula is C15H11Cl2NO3. The summed E-state index contributed by atoms with van der Waals surface area (Å²) in [5.74, 6) is -1.42. The van der Waals surface area contributed by atoms with E-state index in [0.29, 0.717) is 16.3 Å². The molecule has 108 valence electrons. The Morgan fingerprint density at radius 1 is 1.05 bits per heavy atom. The molecule has 2 aromatic rings. The average Bonchev–Trinajstić information content (AvgIpc) is 2.41. The van der Waals surface area contributed by atoms with Crippen molar-refractivity contribution in [3.05, 3.63) is 63.1 Å². The lowest BCUT2D eigenvalue weighted by atomic mass is 10.1. The van der Waals surface area contributed by atoms with Gasteiger partial charge in [0, 0.05) is 10.7 Å². The van der Waals surface area contributed by atoms with E-state index in [0.717, 1.165) is 0 Å². The number of rotatable bonds is 3. The number of carbonyl (C=O) groups excluding carboxylic acids is 1. The first-order chi connectivity index (χ1) is 9.88. The monoisotopic (exact) mass is 323 g/mol. The van der Waals surface area contributed by atoms with E-state index in [1.54, 1.807) is 19.1 Å². The first kappa shape index (κ1) is 15.4. The lowest BCUT2D eigenvalue weighted by Crippen LogP contribution is -2.13. The minimum absolute atomic E-state index is 0.189. The number of halogens is 2. The number of amides is 1. The molecule has 0 radical (unpaired) electrons. The van der Waals surface area contributed by atoms with Crippen molar-refractivity contribution in [1.82, 2.24) is 0 Å². The Hall–Kier alpha value is -2.04. The Bertz CT molecular complexity index is 729. The molecule has 2 aromatic carbocycles. The summed E-state index contributed by atoms with van der Waals surface area (Å²) in [5, 5.41) is 12.3. The molecule has 2 rings (SSSR count). The Morgan fingerprint density at radius 3 is 2.38 bits per heavy atom. The smallest absolute Gasteiger partial charge is 0.335 e. The van der Waals surface area contributed by atoms with Gasteiger partial charge in [-0.25, -0.2) is 4.79 Å². The fourth-order valence-electron chi connectivity index (χ4n) is 1.85. The molecule has 0 aliphatic carbocycles. The number of benzene rings is 2. The molecule has 4 nitrogen and oxygen atoms in total. The number of hydrogen-bond acceptors (Lipinski definition) is 2. The topological polar surface area (TPSA) is 66.4 Å². The quantitative estimate of drug-likeness (QED) is 0.887. The third-order valence-corrected chi connectivity index (χ3v) is 3.45. The van der Waals surface area contributed by atoms with Crippen LogP contribution in [0.3, 0.4) is 0 Å². The maximum atomic E-state index is 12.1. The zero-order chi connectivity index (χ0) is 15.6. The second-order valence-corrected chi connectivity index (χ2v) is 5.26. The van der Waals surface area contributed by atoms with Gasteiger partial charge in [-0.2, -0.15) is 0 Å². The molecule has 2 N–H and O–H groups in total. The van der Waals surface area contributed by atoms with Crippen LogP contribution in [-0.2, 0) is 0 Å². The lowest BCUT2D eigenvalue weighted by molar-refractivity contribution is 0.0696. The standard InChI is InChI=1S/C15H11Cl2NO3/c1-8-6-10(3-4-11(8)15(20)21)18-14(19)12-7-9(16)2-5-13(12)17/h2-7H,1H3,(H,18,19)(H,20,21). The Labute approximate surface area is 131 Å². The van der Waals surface area contributed by atoms with Crippen molar-refractivity contribution in [2.75, 3.05) is 5.32 Å². The molecular weight excluding hydrogens is 313 g/mol. The molecule has 0 heterocycles. The number of hydrogen-bond donors (Lipinski definition) is 2. The highest BCUT2D eigenvalue weighted by Crippen LogP contribution is 2.22. The molecule has 0 aliphatic rings. The van der Waals surface area contributed by atoms with Crippen LogP contribution >= 0.6 is 23.2 Å². The van der Waals surface area contributed by atoms with Crippen molar-refractivity contribution in [2.45, 2.75) is 6.92 Å². The molecule has 6 heteroatoms. The molecule has 0 bridgehead atoms. The third kappa shape index (κ3) is 3.54. The molecule has 0 saturated heterocycles. The van der Waals surface area contributed by atoms with Crippen molar-refractivity contribution in [3.63, 3.8) is 0 Å². The minimum Gasteiger partial charge on any atom is -0.478 e. The van der Waals surface area contributed by atoms with Gasteiger partial charge in [0.1, 0.15) is 0 Å². The summed E-state index contributed by atoms with van der Waals surface area (Å²) < 4.78 is 0. The number of aromatic carboxylic acids is 1. The van der Waals surface area contributed by atoms with Crippen LogP contribution in [-0.4, -0.2) is 17.0 Å². The number of nitrogens with one attached hydrogen (secondary N) is 1. The van der Waals surface area contributed by atoms with Crippen molar-refractivity contribution >= 4 is 40.8 Å². The highest BCUT2D eigenvalue weighted by molar-refractivity contribution is 6.36. The van der Waals surface area contributed by atoms with E-state index in [-0.39, 0.29) is 16.1 Å². The second-order valence-electron chi connectivity index (χ2n) is 4.41. The summed E-state index contributed by atoms with van der Waals surface area (Å²) in [6, 6.07) is 9.14. The normalized spacial score (nSPS) is 10.2. The predicted octanol–water partition coefficient (Wildman–Crippen LogP) is 4.25. The van der Waals surface area contributed by atoms with Crippen LogP contribution in [0.2, 0.25) is 10.0 Å². The molecule has 0 spiro atoms. The van der Waals surface area contributed by atoms with Crippen LogP contribution in [0.15, 0.2) is 36.4 Å². The molecule has 0 saturated carbocycles. The van der Waals surface area contributed by atoms with E-state index >= 15 is 0 Å². The van der Waals surface area contributed by atoms with Gasteiger partial charge < -0.3 is 10.4 Å². The van der Waals surface area contributed by atoms with Crippen LogP contribution < -0.4 is 5.32 Å². The molecule has 0 fully saturated rings.